The molecule has 1 nitrogen and oxygen atoms in total. The summed E-state index contributed by atoms with van der Waals surface area (Å²) in [5.74, 6) is -0.255. The van der Waals surface area contributed by atoms with Crippen LogP contribution in [-0.2, 0) is 12.8 Å². The summed E-state index contributed by atoms with van der Waals surface area (Å²) in [7, 11) is 0. The van der Waals surface area contributed by atoms with Crippen LogP contribution in [0.1, 0.15) is 30.5 Å². The standard InChI is InChI=1S/C14H13ClFN/c15-14-10-4-2-1-3-5-12(10)17-13-7-6-9(16)8-11(13)14/h6-8H,1-5H2. The van der Waals surface area contributed by atoms with Gasteiger partial charge in [0.05, 0.1) is 10.5 Å². The van der Waals surface area contributed by atoms with Gasteiger partial charge < -0.3 is 0 Å². The molecule has 0 bridgehead atoms. The zero-order valence-corrected chi connectivity index (χ0v) is 10.2. The van der Waals surface area contributed by atoms with Gasteiger partial charge in [0.25, 0.3) is 0 Å². The van der Waals surface area contributed by atoms with Crippen LogP contribution in [-0.4, -0.2) is 4.98 Å². The van der Waals surface area contributed by atoms with Gasteiger partial charge in [-0.1, -0.05) is 18.0 Å². The van der Waals surface area contributed by atoms with Crippen LogP contribution in [0.25, 0.3) is 10.9 Å². The van der Waals surface area contributed by atoms with E-state index in [-0.39, 0.29) is 5.82 Å². The Morgan fingerprint density at radius 3 is 2.82 bits per heavy atom. The van der Waals surface area contributed by atoms with E-state index in [0.717, 1.165) is 41.4 Å². The summed E-state index contributed by atoms with van der Waals surface area (Å²) in [5.41, 5.74) is 3.03. The number of hydrogen-bond acceptors (Lipinski definition) is 1. The van der Waals surface area contributed by atoms with Gasteiger partial charge in [-0.15, -0.1) is 0 Å². The Kier molecular flexibility index (Phi) is 2.75. The van der Waals surface area contributed by atoms with E-state index in [9.17, 15) is 4.39 Å². The van der Waals surface area contributed by atoms with Gasteiger partial charge in [-0.25, -0.2) is 4.39 Å². The van der Waals surface area contributed by atoms with Crippen molar-refractivity contribution in [2.24, 2.45) is 0 Å². The van der Waals surface area contributed by atoms with Gasteiger partial charge in [0.1, 0.15) is 5.82 Å². The summed E-state index contributed by atoms with van der Waals surface area (Å²) in [4.78, 5) is 4.63. The number of benzene rings is 1. The molecule has 1 aliphatic carbocycles. The fourth-order valence-corrected chi connectivity index (χ4v) is 2.87. The number of halogens is 2. The Balaban J connectivity index is 2.29. The number of hydrogen-bond donors (Lipinski definition) is 0. The van der Waals surface area contributed by atoms with Gasteiger partial charge in [0.15, 0.2) is 0 Å². The maximum atomic E-state index is 13.2. The van der Waals surface area contributed by atoms with Crippen molar-refractivity contribution in [1.29, 1.82) is 0 Å². The highest BCUT2D eigenvalue weighted by atomic mass is 35.5. The van der Waals surface area contributed by atoms with Crippen molar-refractivity contribution < 1.29 is 4.39 Å². The lowest BCUT2D eigenvalue weighted by Gasteiger charge is -2.10. The van der Waals surface area contributed by atoms with Crippen molar-refractivity contribution >= 4 is 22.5 Å². The minimum absolute atomic E-state index is 0.255. The van der Waals surface area contributed by atoms with E-state index < -0.39 is 0 Å². The van der Waals surface area contributed by atoms with E-state index in [0.29, 0.717) is 5.02 Å². The summed E-state index contributed by atoms with van der Waals surface area (Å²) < 4.78 is 13.2. The van der Waals surface area contributed by atoms with Crippen molar-refractivity contribution in [1.82, 2.24) is 4.98 Å². The number of aromatic nitrogens is 1. The predicted octanol–water partition coefficient (Wildman–Crippen LogP) is 4.30. The first kappa shape index (κ1) is 11.0. The van der Waals surface area contributed by atoms with Crippen molar-refractivity contribution in [3.8, 4) is 0 Å². The highest BCUT2D eigenvalue weighted by Gasteiger charge is 2.16. The molecule has 0 unspecified atom stereocenters. The van der Waals surface area contributed by atoms with Crippen LogP contribution in [0, 0.1) is 5.82 Å². The first-order valence-corrected chi connectivity index (χ1v) is 6.40. The zero-order valence-electron chi connectivity index (χ0n) is 9.47. The topological polar surface area (TPSA) is 12.9 Å². The Morgan fingerprint density at radius 2 is 1.94 bits per heavy atom. The molecule has 3 heteroatoms. The molecule has 1 heterocycles. The lowest BCUT2D eigenvalue weighted by molar-refractivity contribution is 0.629. The molecule has 1 aromatic heterocycles. The number of rotatable bonds is 0. The molecule has 0 atom stereocenters. The van der Waals surface area contributed by atoms with Crippen molar-refractivity contribution in [3.63, 3.8) is 0 Å². The molecule has 0 radical (unpaired) electrons. The molecule has 0 aliphatic heterocycles. The van der Waals surface area contributed by atoms with Crippen molar-refractivity contribution in [3.05, 3.63) is 40.3 Å². The minimum atomic E-state index is -0.255. The molecule has 3 rings (SSSR count). The summed E-state index contributed by atoms with van der Waals surface area (Å²) in [5, 5.41) is 1.44. The Hall–Kier alpha value is -1.15. The SMILES string of the molecule is Fc1ccc2nc3c(c(Cl)c2c1)CCCCC3. The number of nitrogens with zero attached hydrogens (tertiary/aromatic N) is 1. The third-order valence-corrected chi connectivity index (χ3v) is 3.84. The Bertz CT molecular complexity index is 580. The third-order valence-electron chi connectivity index (χ3n) is 3.40. The smallest absolute Gasteiger partial charge is 0.124 e. The van der Waals surface area contributed by atoms with Gasteiger partial charge in [0, 0.05) is 11.1 Å². The lowest BCUT2D eigenvalue weighted by atomic mass is 10.1. The van der Waals surface area contributed by atoms with Crippen LogP contribution in [0.4, 0.5) is 4.39 Å². The molecule has 0 saturated heterocycles. The molecule has 1 aliphatic rings. The Labute approximate surface area is 105 Å². The number of fused-ring (bicyclic) bond motifs is 2. The normalized spacial score (nSPS) is 15.6. The minimum Gasteiger partial charge on any atom is -0.252 e. The first-order valence-electron chi connectivity index (χ1n) is 6.02. The molecule has 88 valence electrons. The fourth-order valence-electron chi connectivity index (χ4n) is 2.52. The van der Waals surface area contributed by atoms with Gasteiger partial charge in [-0.2, -0.15) is 0 Å². The highest BCUT2D eigenvalue weighted by molar-refractivity contribution is 6.36. The molecule has 0 spiro atoms. The average Bonchev–Trinajstić information content (AvgIpc) is 2.56. The monoisotopic (exact) mass is 249 g/mol. The summed E-state index contributed by atoms with van der Waals surface area (Å²) >= 11 is 6.40. The molecule has 17 heavy (non-hydrogen) atoms. The Morgan fingerprint density at radius 1 is 1.12 bits per heavy atom. The van der Waals surface area contributed by atoms with E-state index in [4.69, 9.17) is 11.6 Å². The van der Waals surface area contributed by atoms with Gasteiger partial charge in [-0.3, -0.25) is 4.98 Å². The molecule has 0 N–H and O–H groups in total. The summed E-state index contributed by atoms with van der Waals surface area (Å²) in [6, 6.07) is 4.63. The van der Waals surface area contributed by atoms with E-state index in [1.807, 2.05) is 0 Å². The molecule has 2 aromatic rings. The molecular weight excluding hydrogens is 237 g/mol. The van der Waals surface area contributed by atoms with Crippen LogP contribution in [0.15, 0.2) is 18.2 Å². The fraction of sp³-hybridized carbons (Fsp3) is 0.357. The summed E-state index contributed by atoms with van der Waals surface area (Å²) in [6.07, 6.45) is 5.49. The van der Waals surface area contributed by atoms with Crippen LogP contribution >= 0.6 is 11.6 Å². The van der Waals surface area contributed by atoms with Crippen molar-refractivity contribution in [2.75, 3.05) is 0 Å². The second-order valence-corrected chi connectivity index (χ2v) is 4.95. The zero-order chi connectivity index (χ0) is 11.8. The van der Waals surface area contributed by atoms with Gasteiger partial charge in [0.2, 0.25) is 0 Å². The second-order valence-electron chi connectivity index (χ2n) is 4.57. The number of pyridine rings is 1. The van der Waals surface area contributed by atoms with Crippen molar-refractivity contribution in [2.45, 2.75) is 32.1 Å². The van der Waals surface area contributed by atoms with Crippen LogP contribution in [0.5, 0.6) is 0 Å². The molecule has 1 aromatic carbocycles. The van der Waals surface area contributed by atoms with Crippen LogP contribution < -0.4 is 0 Å². The maximum absolute atomic E-state index is 13.2. The summed E-state index contributed by atoms with van der Waals surface area (Å²) in [6.45, 7) is 0. The van der Waals surface area contributed by atoms with E-state index in [2.05, 4.69) is 4.98 Å². The predicted molar refractivity (Wildman–Crippen MR) is 68.0 cm³/mol. The van der Waals surface area contributed by atoms with Crippen LogP contribution in [0.3, 0.4) is 0 Å². The van der Waals surface area contributed by atoms with E-state index in [1.165, 1.54) is 25.0 Å². The molecule has 0 amide bonds. The van der Waals surface area contributed by atoms with E-state index >= 15 is 0 Å². The largest absolute Gasteiger partial charge is 0.252 e. The average molecular weight is 250 g/mol. The van der Waals surface area contributed by atoms with E-state index in [1.54, 1.807) is 6.07 Å². The van der Waals surface area contributed by atoms with Gasteiger partial charge >= 0.3 is 0 Å². The van der Waals surface area contributed by atoms with Crippen LogP contribution in [0.2, 0.25) is 5.02 Å². The third kappa shape index (κ3) is 1.91. The second kappa shape index (κ2) is 4.26. The quantitative estimate of drug-likeness (QED) is 0.635. The number of aryl methyl sites for hydroxylation is 1. The molecule has 0 saturated carbocycles. The lowest BCUT2D eigenvalue weighted by Crippen LogP contribution is -1.98. The molecule has 0 fully saturated rings. The highest BCUT2D eigenvalue weighted by Crippen LogP contribution is 2.32. The molecular formula is C14H13ClFN. The first-order chi connectivity index (χ1) is 8.25. The van der Waals surface area contributed by atoms with Gasteiger partial charge in [-0.05, 0) is 49.4 Å². The maximum Gasteiger partial charge on any atom is 0.124 e.